The second-order valence-corrected chi connectivity index (χ2v) is 19.6. The van der Waals surface area contributed by atoms with Crippen molar-refractivity contribution < 1.29 is 52.7 Å². The summed E-state index contributed by atoms with van der Waals surface area (Å²) in [5, 5.41) is 11.9. The largest absolute Gasteiger partial charge is 0.461 e. The Bertz CT molecular complexity index is 2150. The lowest BCUT2D eigenvalue weighted by Gasteiger charge is -2.48. The minimum Gasteiger partial charge on any atom is -0.461 e. The summed E-state index contributed by atoms with van der Waals surface area (Å²) in [5.41, 5.74) is -0.547. The van der Waals surface area contributed by atoms with Crippen LogP contribution in [0.15, 0.2) is 61.4 Å². The number of likely N-dealkylation sites (N-methyl/N-ethyl adjacent to an activating group) is 1. The van der Waals surface area contributed by atoms with Gasteiger partial charge in [0.25, 0.3) is 0 Å². The summed E-state index contributed by atoms with van der Waals surface area (Å²) in [6, 6.07) is 7.93. The molecule has 3 aliphatic rings. The molecule has 6 rings (SSSR count). The summed E-state index contributed by atoms with van der Waals surface area (Å²) in [6.45, 7) is 18.0. The van der Waals surface area contributed by atoms with Gasteiger partial charge in [0.05, 0.1) is 53.9 Å². The van der Waals surface area contributed by atoms with Crippen molar-refractivity contribution in [2.75, 3.05) is 27.2 Å². The summed E-state index contributed by atoms with van der Waals surface area (Å²) in [4.78, 5) is 74.6. The first-order valence-corrected chi connectivity index (χ1v) is 24.3. The van der Waals surface area contributed by atoms with E-state index in [1.807, 2.05) is 69.5 Å². The van der Waals surface area contributed by atoms with Crippen LogP contribution >= 0.6 is 0 Å². The van der Waals surface area contributed by atoms with Gasteiger partial charge in [0, 0.05) is 74.3 Å². The Hall–Kier alpha value is -4.81. The van der Waals surface area contributed by atoms with Gasteiger partial charge < -0.3 is 47.9 Å². The number of carbonyl (C=O) groups excluding carboxylic acids is 4. The highest BCUT2D eigenvalue weighted by atomic mass is 16.7. The molecule has 0 radical (unpaired) electrons. The number of Topliss-reactive ketones (excluding diaryl/α,β-unsaturated/α-hetero) is 1. The van der Waals surface area contributed by atoms with Crippen molar-refractivity contribution in [3.05, 3.63) is 67.1 Å². The van der Waals surface area contributed by atoms with Gasteiger partial charge in [-0.15, -0.1) is 0 Å². The van der Waals surface area contributed by atoms with E-state index in [1.54, 1.807) is 75.7 Å². The van der Waals surface area contributed by atoms with E-state index in [2.05, 4.69) is 15.0 Å². The molecule has 3 fully saturated rings. The third-order valence-electron chi connectivity index (χ3n) is 14.7. The molecular formula is C51H74N6O11. The Labute approximate surface area is 401 Å². The number of aliphatic hydroxyl groups excluding tert-OH is 1. The van der Waals surface area contributed by atoms with Crippen molar-refractivity contribution in [3.8, 4) is 11.3 Å². The number of imidazole rings is 1. The van der Waals surface area contributed by atoms with E-state index in [-0.39, 0.29) is 43.7 Å². The van der Waals surface area contributed by atoms with E-state index in [9.17, 15) is 19.5 Å². The highest BCUT2D eigenvalue weighted by Gasteiger charge is 2.60. The monoisotopic (exact) mass is 947 g/mol. The van der Waals surface area contributed by atoms with Crippen LogP contribution in [-0.4, -0.2) is 146 Å². The molecule has 6 heterocycles. The molecule has 0 spiro atoms. The molecule has 3 saturated heterocycles. The molecule has 17 heteroatoms. The maximum Gasteiger partial charge on any atom is 0.410 e. The minimum atomic E-state index is -1.44. The quantitative estimate of drug-likeness (QED) is 0.101. The second kappa shape index (κ2) is 22.7. The topological polar surface area (TPSA) is 194 Å². The smallest absolute Gasteiger partial charge is 0.410 e. The number of esters is 2. The number of rotatable bonds is 15. The fourth-order valence-electron chi connectivity index (χ4n) is 10.8. The number of methoxy groups -OCH3 is 1. The number of cyclic esters (lactones) is 1. The molecule has 0 saturated carbocycles. The Kier molecular flexibility index (Phi) is 17.6. The van der Waals surface area contributed by atoms with Crippen LogP contribution in [0.1, 0.15) is 100 Å². The number of hydrogen-bond donors (Lipinski definition) is 1. The zero-order valence-electron chi connectivity index (χ0n) is 41.8. The highest BCUT2D eigenvalue weighted by Crippen LogP contribution is 2.44. The number of ether oxygens (including phenoxy) is 6. The summed E-state index contributed by atoms with van der Waals surface area (Å²) in [7, 11) is 3.46. The molecule has 3 aromatic heterocycles. The summed E-state index contributed by atoms with van der Waals surface area (Å²) < 4.78 is 40.7. The number of unbranched alkanes of at least 4 members (excludes halogenated alkanes) is 1. The zero-order chi connectivity index (χ0) is 49.5. The second-order valence-electron chi connectivity index (χ2n) is 19.6. The Morgan fingerprint density at radius 2 is 1.74 bits per heavy atom. The predicted octanol–water partition coefficient (Wildman–Crippen LogP) is 6.30. The van der Waals surface area contributed by atoms with Gasteiger partial charge >= 0.3 is 18.0 Å². The maximum absolute atomic E-state index is 15.1. The number of ketones is 1. The number of amides is 1. The molecule has 374 valence electrons. The Morgan fingerprint density at radius 3 is 2.40 bits per heavy atom. The fourth-order valence-corrected chi connectivity index (χ4v) is 10.8. The molecule has 1 N–H and O–H groups in total. The van der Waals surface area contributed by atoms with Gasteiger partial charge in [0.1, 0.15) is 24.1 Å². The molecular weight excluding hydrogens is 873 g/mol. The number of aryl methyl sites for hydroxylation is 1. The van der Waals surface area contributed by atoms with E-state index in [4.69, 9.17) is 28.4 Å². The summed E-state index contributed by atoms with van der Waals surface area (Å²) >= 11 is 0. The van der Waals surface area contributed by atoms with Crippen LogP contribution in [0.3, 0.4) is 0 Å². The molecule has 0 aromatic carbocycles. The van der Waals surface area contributed by atoms with E-state index in [0.717, 1.165) is 11.3 Å². The third kappa shape index (κ3) is 11.6. The van der Waals surface area contributed by atoms with Gasteiger partial charge in [0.2, 0.25) is 0 Å². The van der Waals surface area contributed by atoms with Crippen molar-refractivity contribution in [3.63, 3.8) is 0 Å². The van der Waals surface area contributed by atoms with E-state index < -0.39 is 89.7 Å². The van der Waals surface area contributed by atoms with Gasteiger partial charge in [-0.3, -0.25) is 24.4 Å². The van der Waals surface area contributed by atoms with Crippen molar-refractivity contribution >= 4 is 23.8 Å². The SMILES string of the molecule is CC[C@H]1OC(=O)[C@H](C)[C@@H](OC(=O)Cc2ccccn2)[C@H](C)[C@@H](O[C@H]2O[C@@H](C)C[C@@H](N(C)CC)[C@@H]2O)[C@](C)(OC)C[C@@H](C)C(=O)[C@H](C)[C@H]2N(CCCCn3cnc(-c4cccnc4)c3)C(=O)O[C@]12C. The van der Waals surface area contributed by atoms with Gasteiger partial charge in [-0.2, -0.15) is 0 Å². The fraction of sp³-hybridized carbons (Fsp3) is 0.667. The first-order chi connectivity index (χ1) is 32.3. The standard InChI is InChI=1S/C51H74N6O11/c1-12-40-51(9)45(57(49(62)68-51)24-17-16-23-56-29-38(54-30-56)36-19-18-21-52-28-36)33(5)42(59)31(3)27-50(8,63-11)46(67-48-43(60)39(55(10)13-2)25-32(4)64-48)34(6)44(35(7)47(61)65-40)66-41(58)26-37-20-14-15-22-53-37/h14-15,18-22,28-35,39-40,43-46,48,60H,12-13,16-17,23-27H2,1-11H3/t31-,32+,33+,34+,35-,39-,40-,43+,44+,45-,46-,48-,50-,51-/m1/s1. The van der Waals surface area contributed by atoms with Crippen LogP contribution < -0.4 is 0 Å². The van der Waals surface area contributed by atoms with Gasteiger partial charge in [-0.05, 0) is 97.7 Å². The molecule has 0 bridgehead atoms. The lowest BCUT2D eigenvalue weighted by Crippen LogP contribution is -2.61. The lowest BCUT2D eigenvalue weighted by atomic mass is 9.73. The van der Waals surface area contributed by atoms with Gasteiger partial charge in [0.15, 0.2) is 11.9 Å². The number of fused-ring (bicyclic) bond motifs is 1. The molecule has 3 aliphatic heterocycles. The molecule has 14 atom stereocenters. The molecule has 0 unspecified atom stereocenters. The van der Waals surface area contributed by atoms with Crippen LogP contribution in [0.5, 0.6) is 0 Å². The van der Waals surface area contributed by atoms with Crippen LogP contribution in [0.2, 0.25) is 0 Å². The average Bonchev–Trinajstić information content (AvgIpc) is 3.91. The highest BCUT2D eigenvalue weighted by molar-refractivity contribution is 5.85. The van der Waals surface area contributed by atoms with Crippen LogP contribution in [0.25, 0.3) is 11.3 Å². The molecule has 0 aliphatic carbocycles. The molecule has 1 amide bonds. The van der Waals surface area contributed by atoms with Crippen molar-refractivity contribution in [2.45, 2.75) is 167 Å². The molecule has 3 aromatic rings. The Morgan fingerprint density at radius 1 is 0.985 bits per heavy atom. The molecule has 17 nitrogen and oxygen atoms in total. The third-order valence-corrected chi connectivity index (χ3v) is 14.7. The number of aromatic nitrogens is 4. The summed E-state index contributed by atoms with van der Waals surface area (Å²) in [6.07, 6.45) is 4.51. The van der Waals surface area contributed by atoms with Crippen LogP contribution in [0, 0.1) is 23.7 Å². The average molecular weight is 947 g/mol. The zero-order valence-corrected chi connectivity index (χ0v) is 41.8. The van der Waals surface area contributed by atoms with E-state index >= 15 is 4.79 Å². The van der Waals surface area contributed by atoms with Gasteiger partial charge in [-0.1, -0.05) is 40.7 Å². The number of aliphatic hydroxyl groups is 1. The first kappa shape index (κ1) is 52.6. The predicted molar refractivity (Wildman–Crippen MR) is 252 cm³/mol. The number of nitrogens with zero attached hydrogens (tertiary/aromatic N) is 6. The minimum absolute atomic E-state index is 0.118. The van der Waals surface area contributed by atoms with E-state index in [0.29, 0.717) is 38.0 Å². The van der Waals surface area contributed by atoms with Gasteiger partial charge in [-0.25, -0.2) is 9.78 Å². The number of pyridine rings is 2. The lowest BCUT2D eigenvalue weighted by molar-refractivity contribution is -0.302. The number of hydrogen-bond acceptors (Lipinski definition) is 15. The molecule has 68 heavy (non-hydrogen) atoms. The normalized spacial score (nSPS) is 34.0. The van der Waals surface area contributed by atoms with Crippen molar-refractivity contribution in [1.82, 2.24) is 29.3 Å². The van der Waals surface area contributed by atoms with Crippen molar-refractivity contribution in [1.29, 1.82) is 0 Å². The van der Waals surface area contributed by atoms with Crippen LogP contribution in [0.4, 0.5) is 4.79 Å². The van der Waals surface area contributed by atoms with Crippen molar-refractivity contribution in [2.24, 2.45) is 23.7 Å². The van der Waals surface area contributed by atoms with E-state index in [1.165, 1.54) is 7.11 Å². The van der Waals surface area contributed by atoms with Crippen LogP contribution in [-0.2, 0) is 55.8 Å². The number of carbonyl (C=O) groups is 4. The summed E-state index contributed by atoms with van der Waals surface area (Å²) in [5.74, 6) is -4.85. The Balaban J connectivity index is 1.35. The first-order valence-electron chi connectivity index (χ1n) is 24.3. The maximum atomic E-state index is 15.1.